The standard InChI is InChI=1S/C19H19NO3S/c1-11-6-13(7-15(10-21)18(11)22)17-8-14-9-20(5-4-16(14)24-17)19(23)12-2-3-12/h6-8,10,12,22H,2-5,9H2,1H3. The Balaban J connectivity index is 1.64. The van der Waals surface area contributed by atoms with Crippen LogP contribution in [0.1, 0.15) is 39.2 Å². The van der Waals surface area contributed by atoms with E-state index in [4.69, 9.17) is 0 Å². The number of benzene rings is 1. The second-order valence-electron chi connectivity index (χ2n) is 6.69. The number of aldehydes is 1. The zero-order valence-electron chi connectivity index (χ0n) is 13.5. The van der Waals surface area contributed by atoms with E-state index in [1.54, 1.807) is 24.3 Å². The molecule has 24 heavy (non-hydrogen) atoms. The third-order valence-corrected chi connectivity index (χ3v) is 6.13. The number of thiophene rings is 1. The molecule has 4 nitrogen and oxygen atoms in total. The normalized spacial score (nSPS) is 16.8. The van der Waals surface area contributed by atoms with E-state index in [-0.39, 0.29) is 11.7 Å². The van der Waals surface area contributed by atoms with E-state index in [2.05, 4.69) is 6.07 Å². The number of nitrogens with zero attached hydrogens (tertiary/aromatic N) is 1. The molecule has 4 rings (SSSR count). The molecule has 2 heterocycles. The maximum absolute atomic E-state index is 12.3. The van der Waals surface area contributed by atoms with Crippen molar-refractivity contribution in [3.8, 4) is 16.2 Å². The summed E-state index contributed by atoms with van der Waals surface area (Å²) in [5.74, 6) is 0.618. The van der Waals surface area contributed by atoms with Crippen molar-refractivity contribution in [1.82, 2.24) is 4.90 Å². The molecule has 1 aliphatic carbocycles. The quantitative estimate of drug-likeness (QED) is 0.869. The van der Waals surface area contributed by atoms with Gasteiger partial charge in [0.2, 0.25) is 5.91 Å². The van der Waals surface area contributed by atoms with Gasteiger partial charge in [0.1, 0.15) is 5.75 Å². The van der Waals surface area contributed by atoms with Gasteiger partial charge in [-0.2, -0.15) is 0 Å². The summed E-state index contributed by atoms with van der Waals surface area (Å²) in [4.78, 5) is 27.8. The summed E-state index contributed by atoms with van der Waals surface area (Å²) in [5, 5.41) is 9.91. The van der Waals surface area contributed by atoms with Gasteiger partial charge in [-0.1, -0.05) is 0 Å². The Hall–Kier alpha value is -2.14. The number of phenolic OH excluding ortho intramolecular Hbond substituents is 1. The molecule has 1 aliphatic heterocycles. The van der Waals surface area contributed by atoms with Gasteiger partial charge < -0.3 is 10.0 Å². The molecule has 1 aromatic carbocycles. The molecule has 0 radical (unpaired) electrons. The first-order valence-electron chi connectivity index (χ1n) is 8.26. The first kappa shape index (κ1) is 15.4. The minimum atomic E-state index is 0.0521. The van der Waals surface area contributed by atoms with Gasteiger partial charge in [-0.25, -0.2) is 0 Å². The van der Waals surface area contributed by atoms with E-state index in [9.17, 15) is 14.7 Å². The SMILES string of the molecule is Cc1cc(-c2cc3c(s2)CCN(C(=O)C2CC2)C3)cc(C=O)c1O. The van der Waals surface area contributed by atoms with E-state index in [1.807, 2.05) is 11.0 Å². The predicted octanol–water partition coefficient (Wildman–Crippen LogP) is 3.54. The summed E-state index contributed by atoms with van der Waals surface area (Å²) >= 11 is 1.72. The number of rotatable bonds is 3. The molecule has 1 aromatic heterocycles. The molecule has 2 aliphatic rings. The van der Waals surface area contributed by atoms with Crippen molar-refractivity contribution in [3.63, 3.8) is 0 Å². The van der Waals surface area contributed by atoms with E-state index >= 15 is 0 Å². The van der Waals surface area contributed by atoms with Gasteiger partial charge in [-0.3, -0.25) is 9.59 Å². The van der Waals surface area contributed by atoms with Crippen LogP contribution in [0.15, 0.2) is 18.2 Å². The van der Waals surface area contributed by atoms with Gasteiger partial charge in [-0.05, 0) is 61.1 Å². The van der Waals surface area contributed by atoms with Crippen molar-refractivity contribution < 1.29 is 14.7 Å². The van der Waals surface area contributed by atoms with Gasteiger partial charge >= 0.3 is 0 Å². The van der Waals surface area contributed by atoms with Crippen molar-refractivity contribution in [2.24, 2.45) is 5.92 Å². The predicted molar refractivity (Wildman–Crippen MR) is 93.4 cm³/mol. The molecule has 0 unspecified atom stereocenters. The molecule has 0 atom stereocenters. The minimum Gasteiger partial charge on any atom is -0.507 e. The van der Waals surface area contributed by atoms with Crippen molar-refractivity contribution >= 4 is 23.5 Å². The summed E-state index contributed by atoms with van der Waals surface area (Å²) in [5.41, 5.74) is 3.19. The highest BCUT2D eigenvalue weighted by Gasteiger charge is 2.35. The average molecular weight is 341 g/mol. The number of hydrogen-bond donors (Lipinski definition) is 1. The zero-order valence-corrected chi connectivity index (χ0v) is 14.4. The van der Waals surface area contributed by atoms with Gasteiger partial charge in [0.15, 0.2) is 6.29 Å². The number of carbonyl (C=O) groups is 2. The lowest BCUT2D eigenvalue weighted by atomic mass is 10.0. The van der Waals surface area contributed by atoms with Crippen LogP contribution in [0, 0.1) is 12.8 Å². The third kappa shape index (κ3) is 2.63. The van der Waals surface area contributed by atoms with Gasteiger partial charge in [0.05, 0.1) is 5.56 Å². The summed E-state index contributed by atoms with van der Waals surface area (Å²) in [6, 6.07) is 5.78. The van der Waals surface area contributed by atoms with Crippen LogP contribution < -0.4 is 0 Å². The van der Waals surface area contributed by atoms with Crippen LogP contribution in [0.25, 0.3) is 10.4 Å². The second kappa shape index (κ2) is 5.74. The Bertz CT molecular complexity index is 835. The lowest BCUT2D eigenvalue weighted by molar-refractivity contribution is -0.133. The molecule has 1 N–H and O–H groups in total. The van der Waals surface area contributed by atoms with Crippen molar-refractivity contribution in [2.45, 2.75) is 32.7 Å². The van der Waals surface area contributed by atoms with E-state index in [1.165, 1.54) is 10.4 Å². The number of fused-ring (bicyclic) bond motifs is 1. The molecule has 0 saturated heterocycles. The van der Waals surface area contributed by atoms with Crippen molar-refractivity contribution in [1.29, 1.82) is 0 Å². The highest BCUT2D eigenvalue weighted by Crippen LogP contribution is 2.38. The van der Waals surface area contributed by atoms with Crippen LogP contribution >= 0.6 is 11.3 Å². The number of amides is 1. The van der Waals surface area contributed by atoms with Crippen LogP contribution in [0.4, 0.5) is 0 Å². The first-order chi connectivity index (χ1) is 11.6. The summed E-state index contributed by atoms with van der Waals surface area (Å²) in [6.07, 6.45) is 3.67. The Labute approximate surface area is 144 Å². The Morgan fingerprint density at radius 3 is 2.83 bits per heavy atom. The first-order valence-corrected chi connectivity index (χ1v) is 9.08. The monoisotopic (exact) mass is 341 g/mol. The topological polar surface area (TPSA) is 57.6 Å². The highest BCUT2D eigenvalue weighted by molar-refractivity contribution is 7.15. The van der Waals surface area contributed by atoms with Crippen LogP contribution in [0.5, 0.6) is 5.75 Å². The molecule has 0 spiro atoms. The fourth-order valence-electron chi connectivity index (χ4n) is 3.29. The molecule has 1 saturated carbocycles. The largest absolute Gasteiger partial charge is 0.507 e. The van der Waals surface area contributed by atoms with Crippen LogP contribution in [0.3, 0.4) is 0 Å². The van der Waals surface area contributed by atoms with Gasteiger partial charge in [0, 0.05) is 28.8 Å². The molecule has 0 bridgehead atoms. The molecule has 5 heteroatoms. The fourth-order valence-corrected chi connectivity index (χ4v) is 4.44. The fraction of sp³-hybridized carbons (Fsp3) is 0.368. The number of carbonyl (C=O) groups excluding carboxylic acids is 2. The van der Waals surface area contributed by atoms with Crippen LogP contribution in [-0.2, 0) is 17.8 Å². The van der Waals surface area contributed by atoms with E-state index in [0.717, 1.165) is 36.2 Å². The zero-order chi connectivity index (χ0) is 16.8. The highest BCUT2D eigenvalue weighted by atomic mass is 32.1. The second-order valence-corrected chi connectivity index (χ2v) is 7.83. The molecule has 1 fully saturated rings. The Kier molecular flexibility index (Phi) is 3.68. The van der Waals surface area contributed by atoms with E-state index in [0.29, 0.717) is 29.9 Å². The minimum absolute atomic E-state index is 0.0521. The smallest absolute Gasteiger partial charge is 0.225 e. The number of aryl methyl sites for hydroxylation is 1. The van der Waals surface area contributed by atoms with Crippen molar-refractivity contribution in [3.05, 3.63) is 39.8 Å². The lowest BCUT2D eigenvalue weighted by Crippen LogP contribution is -2.36. The van der Waals surface area contributed by atoms with Crippen LogP contribution in [0.2, 0.25) is 0 Å². The molecule has 124 valence electrons. The number of hydrogen-bond acceptors (Lipinski definition) is 4. The van der Waals surface area contributed by atoms with Gasteiger partial charge in [-0.15, -0.1) is 11.3 Å². The third-order valence-electron chi connectivity index (χ3n) is 4.85. The van der Waals surface area contributed by atoms with E-state index < -0.39 is 0 Å². The van der Waals surface area contributed by atoms with Gasteiger partial charge in [0.25, 0.3) is 0 Å². The average Bonchev–Trinajstić information content (AvgIpc) is 3.34. The summed E-state index contributed by atoms with van der Waals surface area (Å²) < 4.78 is 0. The number of phenols is 1. The maximum Gasteiger partial charge on any atom is 0.225 e. The van der Waals surface area contributed by atoms with Crippen molar-refractivity contribution in [2.75, 3.05) is 6.54 Å². The summed E-state index contributed by atoms with van der Waals surface area (Å²) in [7, 11) is 0. The Morgan fingerprint density at radius 2 is 2.12 bits per heavy atom. The van der Waals surface area contributed by atoms with Crippen LogP contribution in [-0.4, -0.2) is 28.7 Å². The summed E-state index contributed by atoms with van der Waals surface area (Å²) in [6.45, 7) is 3.30. The lowest BCUT2D eigenvalue weighted by Gasteiger charge is -2.27. The molecular weight excluding hydrogens is 322 g/mol. The maximum atomic E-state index is 12.3. The number of aromatic hydroxyl groups is 1. The molecule has 2 aromatic rings. The Morgan fingerprint density at radius 1 is 1.33 bits per heavy atom. The molecule has 1 amide bonds. The molecular formula is C19H19NO3S.